The van der Waals surface area contributed by atoms with Crippen LogP contribution in [0.3, 0.4) is 0 Å². The Balaban J connectivity index is 2.00. The molecule has 0 aliphatic heterocycles. The van der Waals surface area contributed by atoms with Gasteiger partial charge in [0.2, 0.25) is 0 Å². The Morgan fingerprint density at radius 3 is 1.68 bits per heavy atom. The maximum atomic E-state index is 5.58. The molecule has 2 aromatic carbocycles. The lowest BCUT2D eigenvalue weighted by molar-refractivity contribution is 1.64. The van der Waals surface area contributed by atoms with Gasteiger partial charge in [0.15, 0.2) is 0 Å². The van der Waals surface area contributed by atoms with E-state index in [1.54, 1.807) is 0 Å². The van der Waals surface area contributed by atoms with Crippen molar-refractivity contribution in [3.63, 3.8) is 0 Å². The smallest absolute Gasteiger partial charge is 0.0314 e. The first kappa shape index (κ1) is 12.4. The highest BCUT2D eigenvalue weighted by molar-refractivity contribution is 5.48. The number of rotatable bonds is 0. The van der Waals surface area contributed by atoms with Crippen LogP contribution < -0.4 is 5.73 Å². The van der Waals surface area contributed by atoms with E-state index >= 15 is 0 Å². The van der Waals surface area contributed by atoms with E-state index in [1.165, 1.54) is 0 Å². The standard InChI is InChI=1S/C18H11N/c19-18-14-12-17(13-15-18)11-5-2-1-4-8-16-9-6-3-7-10-16/h3,6-7,9-10,12-15H,19H2. The fraction of sp³-hybridized carbons (Fsp3) is 0. The zero-order valence-corrected chi connectivity index (χ0v) is 10.3. The number of nitrogens with two attached hydrogens (primary N) is 1. The summed E-state index contributed by atoms with van der Waals surface area (Å²) < 4.78 is 0. The van der Waals surface area contributed by atoms with Crippen LogP contribution in [0.4, 0.5) is 5.69 Å². The molecule has 0 radical (unpaired) electrons. The van der Waals surface area contributed by atoms with Gasteiger partial charge < -0.3 is 5.73 Å². The van der Waals surface area contributed by atoms with Crippen molar-refractivity contribution in [2.75, 3.05) is 5.73 Å². The first-order valence-corrected chi connectivity index (χ1v) is 5.77. The summed E-state index contributed by atoms with van der Waals surface area (Å²) in [6, 6.07) is 17.1. The zero-order chi connectivity index (χ0) is 13.3. The minimum Gasteiger partial charge on any atom is -0.399 e. The normalized spacial score (nSPS) is 8.00. The highest BCUT2D eigenvalue weighted by Crippen LogP contribution is 2.03. The molecule has 1 heteroatoms. The number of hydrogen-bond donors (Lipinski definition) is 1. The summed E-state index contributed by atoms with van der Waals surface area (Å²) in [4.78, 5) is 0. The Hall–Kier alpha value is -3.08. The Morgan fingerprint density at radius 1 is 0.579 bits per heavy atom. The molecule has 2 rings (SSSR count). The molecule has 0 unspecified atom stereocenters. The third-order valence-electron chi connectivity index (χ3n) is 2.29. The number of anilines is 1. The van der Waals surface area contributed by atoms with E-state index in [0.717, 1.165) is 16.8 Å². The van der Waals surface area contributed by atoms with Crippen LogP contribution in [-0.2, 0) is 0 Å². The van der Waals surface area contributed by atoms with Gasteiger partial charge in [-0.3, -0.25) is 0 Å². The largest absolute Gasteiger partial charge is 0.399 e. The van der Waals surface area contributed by atoms with Crippen molar-refractivity contribution in [3.05, 3.63) is 65.7 Å². The molecule has 0 aliphatic carbocycles. The lowest BCUT2D eigenvalue weighted by Crippen LogP contribution is -1.82. The van der Waals surface area contributed by atoms with Crippen LogP contribution in [0.5, 0.6) is 0 Å². The molecule has 0 bridgehead atoms. The molecule has 0 amide bonds. The van der Waals surface area contributed by atoms with E-state index in [1.807, 2.05) is 54.6 Å². The Bertz CT molecular complexity index is 721. The van der Waals surface area contributed by atoms with Crippen molar-refractivity contribution in [2.24, 2.45) is 0 Å². The van der Waals surface area contributed by atoms with Gasteiger partial charge in [0, 0.05) is 16.8 Å². The van der Waals surface area contributed by atoms with Crippen LogP contribution in [0.1, 0.15) is 11.1 Å². The number of benzene rings is 2. The maximum absolute atomic E-state index is 5.58. The van der Waals surface area contributed by atoms with Gasteiger partial charge in [0.25, 0.3) is 0 Å². The van der Waals surface area contributed by atoms with Crippen molar-refractivity contribution in [2.45, 2.75) is 0 Å². The summed E-state index contributed by atoms with van der Waals surface area (Å²) in [6.45, 7) is 0. The van der Waals surface area contributed by atoms with Crippen LogP contribution in [0.25, 0.3) is 0 Å². The highest BCUT2D eigenvalue weighted by atomic mass is 14.5. The predicted molar refractivity (Wildman–Crippen MR) is 78.8 cm³/mol. The second-order valence-corrected chi connectivity index (χ2v) is 3.74. The minimum absolute atomic E-state index is 0.727. The molecule has 0 saturated carbocycles. The molecule has 19 heavy (non-hydrogen) atoms. The lowest BCUT2D eigenvalue weighted by atomic mass is 10.2. The monoisotopic (exact) mass is 241 g/mol. The second kappa shape index (κ2) is 6.61. The van der Waals surface area contributed by atoms with E-state index < -0.39 is 0 Å². The summed E-state index contributed by atoms with van der Waals surface area (Å²) in [7, 11) is 0. The van der Waals surface area contributed by atoms with Crippen LogP contribution in [0.2, 0.25) is 0 Å². The maximum Gasteiger partial charge on any atom is 0.0314 e. The van der Waals surface area contributed by atoms with Gasteiger partial charge in [-0.2, -0.15) is 0 Å². The second-order valence-electron chi connectivity index (χ2n) is 3.74. The molecule has 0 saturated heterocycles. The van der Waals surface area contributed by atoms with E-state index in [-0.39, 0.29) is 0 Å². The van der Waals surface area contributed by atoms with Gasteiger partial charge in [0.05, 0.1) is 0 Å². The SMILES string of the molecule is Nc1ccc(C#CC#CC#Cc2ccccc2)cc1. The highest BCUT2D eigenvalue weighted by Gasteiger charge is 1.84. The van der Waals surface area contributed by atoms with Crippen LogP contribution in [0.15, 0.2) is 54.6 Å². The number of nitrogen functional groups attached to an aromatic ring is 1. The number of hydrogen-bond acceptors (Lipinski definition) is 1. The minimum atomic E-state index is 0.727. The molecule has 0 aromatic heterocycles. The van der Waals surface area contributed by atoms with Crippen LogP contribution in [0, 0.1) is 35.5 Å². The van der Waals surface area contributed by atoms with Crippen LogP contribution >= 0.6 is 0 Å². The van der Waals surface area contributed by atoms with E-state index in [9.17, 15) is 0 Å². The fourth-order valence-corrected chi connectivity index (χ4v) is 1.36. The molecule has 2 N–H and O–H groups in total. The van der Waals surface area contributed by atoms with Crippen molar-refractivity contribution < 1.29 is 0 Å². The molecule has 2 aromatic rings. The van der Waals surface area contributed by atoms with E-state index in [2.05, 4.69) is 35.5 Å². The summed E-state index contributed by atoms with van der Waals surface area (Å²) in [5, 5.41) is 0. The van der Waals surface area contributed by atoms with E-state index in [4.69, 9.17) is 5.73 Å². The topological polar surface area (TPSA) is 26.0 Å². The van der Waals surface area contributed by atoms with Gasteiger partial charge in [-0.05, 0) is 60.1 Å². The molecule has 0 aliphatic rings. The molecule has 1 nitrogen and oxygen atoms in total. The van der Waals surface area contributed by atoms with Crippen molar-refractivity contribution >= 4 is 5.69 Å². The Morgan fingerprint density at radius 2 is 1.11 bits per heavy atom. The van der Waals surface area contributed by atoms with E-state index in [0.29, 0.717) is 0 Å². The molecule has 0 spiro atoms. The third kappa shape index (κ3) is 4.35. The molecule has 88 valence electrons. The Kier molecular flexibility index (Phi) is 4.30. The molecule has 0 heterocycles. The summed E-state index contributed by atoms with van der Waals surface area (Å²) in [6.07, 6.45) is 0. The van der Waals surface area contributed by atoms with Crippen molar-refractivity contribution in [1.29, 1.82) is 0 Å². The zero-order valence-electron chi connectivity index (χ0n) is 10.3. The first-order chi connectivity index (χ1) is 9.34. The van der Waals surface area contributed by atoms with Gasteiger partial charge in [-0.1, -0.05) is 30.0 Å². The average molecular weight is 241 g/mol. The molecular weight excluding hydrogens is 230 g/mol. The Labute approximate surface area is 113 Å². The van der Waals surface area contributed by atoms with Gasteiger partial charge in [-0.25, -0.2) is 0 Å². The molecule has 0 atom stereocenters. The van der Waals surface area contributed by atoms with Gasteiger partial charge in [-0.15, -0.1) is 0 Å². The van der Waals surface area contributed by atoms with Crippen LogP contribution in [-0.4, -0.2) is 0 Å². The third-order valence-corrected chi connectivity index (χ3v) is 2.29. The summed E-state index contributed by atoms with van der Waals surface area (Å²) in [5.74, 6) is 16.8. The quantitative estimate of drug-likeness (QED) is 0.557. The summed E-state index contributed by atoms with van der Waals surface area (Å²) >= 11 is 0. The summed E-state index contributed by atoms with van der Waals surface area (Å²) in [5.41, 5.74) is 8.15. The molecular formula is C18H11N. The van der Waals surface area contributed by atoms with Crippen molar-refractivity contribution in [1.82, 2.24) is 0 Å². The van der Waals surface area contributed by atoms with Crippen molar-refractivity contribution in [3.8, 4) is 35.5 Å². The van der Waals surface area contributed by atoms with Gasteiger partial charge in [0.1, 0.15) is 0 Å². The predicted octanol–water partition coefficient (Wildman–Crippen LogP) is 2.68. The fourth-order valence-electron chi connectivity index (χ4n) is 1.36. The van der Waals surface area contributed by atoms with Gasteiger partial charge >= 0.3 is 0 Å². The first-order valence-electron chi connectivity index (χ1n) is 5.77. The average Bonchev–Trinajstić information content (AvgIpc) is 2.46. The molecule has 0 fully saturated rings. The lowest BCUT2D eigenvalue weighted by Gasteiger charge is -1.90.